The maximum Gasteiger partial charge on any atom is 0.298 e. The van der Waals surface area contributed by atoms with Crippen LogP contribution in [0.2, 0.25) is 0 Å². The standard InChI is InChI=1S/C16H9BrF4N2O3S/c17-8-3-1-2-7(4-8)14-13(15(16(20)21)26-23-14)9-5-11(19)12(6-10(9)18)27(22,24)25/h1-6,16H,(H2,22,24,25). The zero-order valence-electron chi connectivity index (χ0n) is 13.1. The maximum absolute atomic E-state index is 14.5. The van der Waals surface area contributed by atoms with Gasteiger partial charge in [0.2, 0.25) is 15.8 Å². The predicted molar refractivity (Wildman–Crippen MR) is 91.3 cm³/mol. The number of primary sulfonamides is 1. The van der Waals surface area contributed by atoms with Gasteiger partial charge in [-0.25, -0.2) is 31.1 Å². The van der Waals surface area contributed by atoms with Gasteiger partial charge in [-0.2, -0.15) is 0 Å². The summed E-state index contributed by atoms with van der Waals surface area (Å²) in [5, 5.41) is 8.38. The zero-order chi connectivity index (χ0) is 19.9. The second-order valence-corrected chi connectivity index (χ2v) is 7.83. The van der Waals surface area contributed by atoms with Crippen molar-refractivity contribution in [1.82, 2.24) is 5.16 Å². The minimum Gasteiger partial charge on any atom is -0.354 e. The highest BCUT2D eigenvalue weighted by atomic mass is 79.9. The molecule has 0 bridgehead atoms. The van der Waals surface area contributed by atoms with Gasteiger partial charge in [-0.05, 0) is 24.3 Å². The number of hydrogen-bond acceptors (Lipinski definition) is 4. The summed E-state index contributed by atoms with van der Waals surface area (Å²) >= 11 is 3.21. The van der Waals surface area contributed by atoms with Gasteiger partial charge in [0.05, 0.1) is 5.56 Å². The molecular weight excluding hydrogens is 456 g/mol. The molecule has 11 heteroatoms. The molecule has 0 fully saturated rings. The van der Waals surface area contributed by atoms with Gasteiger partial charge in [0.25, 0.3) is 6.43 Å². The monoisotopic (exact) mass is 464 g/mol. The summed E-state index contributed by atoms with van der Waals surface area (Å²) in [4.78, 5) is -1.09. The van der Waals surface area contributed by atoms with Crippen LogP contribution in [0.4, 0.5) is 17.6 Å². The third-order valence-electron chi connectivity index (χ3n) is 3.61. The number of alkyl halides is 2. The van der Waals surface area contributed by atoms with Gasteiger partial charge >= 0.3 is 0 Å². The van der Waals surface area contributed by atoms with E-state index in [4.69, 9.17) is 5.14 Å². The van der Waals surface area contributed by atoms with Gasteiger partial charge in [0.15, 0.2) is 0 Å². The number of nitrogens with zero attached hydrogens (tertiary/aromatic N) is 1. The first kappa shape index (κ1) is 19.5. The highest BCUT2D eigenvalue weighted by Gasteiger charge is 2.29. The van der Waals surface area contributed by atoms with Crippen LogP contribution in [0.15, 0.2) is 50.3 Å². The Hall–Kier alpha value is -2.24. The normalized spacial score (nSPS) is 12.0. The average Bonchev–Trinajstić information content (AvgIpc) is 3.00. The number of halogens is 5. The second kappa shape index (κ2) is 7.06. The molecule has 0 aliphatic rings. The highest BCUT2D eigenvalue weighted by Crippen LogP contribution is 2.41. The number of hydrogen-bond donors (Lipinski definition) is 1. The van der Waals surface area contributed by atoms with Gasteiger partial charge in [-0.3, -0.25) is 0 Å². The van der Waals surface area contributed by atoms with Crippen molar-refractivity contribution in [3.05, 3.63) is 58.3 Å². The maximum atomic E-state index is 14.5. The molecule has 27 heavy (non-hydrogen) atoms. The van der Waals surface area contributed by atoms with Crippen LogP contribution in [0.25, 0.3) is 22.4 Å². The minimum absolute atomic E-state index is 0.159. The van der Waals surface area contributed by atoms with Gasteiger partial charge in [0, 0.05) is 15.6 Å². The van der Waals surface area contributed by atoms with Crippen LogP contribution in [0.1, 0.15) is 12.2 Å². The van der Waals surface area contributed by atoms with Crippen LogP contribution in [-0.4, -0.2) is 13.6 Å². The van der Waals surface area contributed by atoms with Crippen LogP contribution in [0, 0.1) is 11.6 Å². The first-order valence-electron chi connectivity index (χ1n) is 7.15. The van der Waals surface area contributed by atoms with Crippen molar-refractivity contribution >= 4 is 26.0 Å². The molecule has 3 aromatic rings. The smallest absolute Gasteiger partial charge is 0.298 e. The van der Waals surface area contributed by atoms with Gasteiger partial charge in [-0.1, -0.05) is 33.2 Å². The summed E-state index contributed by atoms with van der Waals surface area (Å²) in [5.41, 5.74) is -0.981. The van der Waals surface area contributed by atoms with Crippen molar-refractivity contribution < 1.29 is 30.5 Å². The molecule has 0 atom stereocenters. The number of rotatable bonds is 4. The number of benzene rings is 2. The van der Waals surface area contributed by atoms with E-state index >= 15 is 0 Å². The topological polar surface area (TPSA) is 86.2 Å². The van der Waals surface area contributed by atoms with E-state index in [0.29, 0.717) is 22.2 Å². The number of sulfonamides is 1. The molecule has 0 saturated carbocycles. The van der Waals surface area contributed by atoms with E-state index in [0.717, 1.165) is 0 Å². The SMILES string of the molecule is NS(=O)(=O)c1cc(F)c(-c2c(-c3cccc(Br)c3)noc2C(F)F)cc1F. The lowest BCUT2D eigenvalue weighted by molar-refractivity contribution is 0.113. The Balaban J connectivity index is 2.31. The molecule has 0 amide bonds. The summed E-state index contributed by atoms with van der Waals surface area (Å²) in [5.74, 6) is -3.65. The molecular formula is C16H9BrF4N2O3S. The molecule has 1 heterocycles. The van der Waals surface area contributed by atoms with Crippen LogP contribution in [-0.2, 0) is 10.0 Å². The Morgan fingerprint density at radius 2 is 1.81 bits per heavy atom. The third-order valence-corrected chi connectivity index (χ3v) is 5.03. The molecule has 0 radical (unpaired) electrons. The Kier molecular flexibility index (Phi) is 5.10. The highest BCUT2D eigenvalue weighted by molar-refractivity contribution is 9.10. The zero-order valence-corrected chi connectivity index (χ0v) is 15.5. The molecule has 0 unspecified atom stereocenters. The number of aromatic nitrogens is 1. The summed E-state index contributed by atoms with van der Waals surface area (Å²) in [7, 11) is -4.54. The third kappa shape index (κ3) is 3.75. The fraction of sp³-hybridized carbons (Fsp3) is 0.0625. The molecule has 142 valence electrons. The van der Waals surface area contributed by atoms with Crippen LogP contribution in [0.3, 0.4) is 0 Å². The van der Waals surface area contributed by atoms with Crippen molar-refractivity contribution in [3.8, 4) is 22.4 Å². The molecule has 0 saturated heterocycles. The average molecular weight is 465 g/mol. The lowest BCUT2D eigenvalue weighted by Crippen LogP contribution is -2.14. The lowest BCUT2D eigenvalue weighted by Gasteiger charge is -2.09. The fourth-order valence-corrected chi connectivity index (χ4v) is 3.48. The molecule has 5 nitrogen and oxygen atoms in total. The summed E-state index contributed by atoms with van der Waals surface area (Å²) in [6.07, 6.45) is -3.17. The Morgan fingerprint density at radius 1 is 1.11 bits per heavy atom. The summed E-state index contributed by atoms with van der Waals surface area (Å²) in [6, 6.07) is 7.07. The Morgan fingerprint density at radius 3 is 2.41 bits per heavy atom. The van der Waals surface area contributed by atoms with E-state index in [9.17, 15) is 26.0 Å². The fourth-order valence-electron chi connectivity index (χ4n) is 2.48. The first-order valence-corrected chi connectivity index (χ1v) is 9.49. The van der Waals surface area contributed by atoms with E-state index in [-0.39, 0.29) is 5.69 Å². The van der Waals surface area contributed by atoms with Gasteiger partial charge in [0.1, 0.15) is 22.2 Å². The summed E-state index contributed by atoms with van der Waals surface area (Å²) < 4.78 is 83.3. The molecule has 2 aromatic carbocycles. The van der Waals surface area contributed by atoms with E-state index in [1.807, 2.05) is 0 Å². The quantitative estimate of drug-likeness (QED) is 0.570. The number of nitrogens with two attached hydrogens (primary N) is 1. The van der Waals surface area contributed by atoms with Crippen molar-refractivity contribution in [1.29, 1.82) is 0 Å². The minimum atomic E-state index is -4.54. The van der Waals surface area contributed by atoms with Gasteiger partial charge in [-0.15, -0.1) is 0 Å². The van der Waals surface area contributed by atoms with Crippen molar-refractivity contribution in [2.75, 3.05) is 0 Å². The molecule has 0 aliphatic carbocycles. The molecule has 3 rings (SSSR count). The Labute approximate surface area is 159 Å². The van der Waals surface area contributed by atoms with E-state index in [2.05, 4.69) is 25.6 Å². The van der Waals surface area contributed by atoms with Gasteiger partial charge < -0.3 is 4.52 Å². The second-order valence-electron chi connectivity index (χ2n) is 5.39. The van der Waals surface area contributed by atoms with Crippen molar-refractivity contribution in [2.24, 2.45) is 5.14 Å². The van der Waals surface area contributed by atoms with Crippen molar-refractivity contribution in [2.45, 2.75) is 11.3 Å². The van der Waals surface area contributed by atoms with Crippen LogP contribution >= 0.6 is 15.9 Å². The lowest BCUT2D eigenvalue weighted by atomic mass is 9.98. The molecule has 0 spiro atoms. The molecule has 1 aromatic heterocycles. The van der Waals surface area contributed by atoms with E-state index < -0.39 is 49.9 Å². The van der Waals surface area contributed by atoms with Crippen LogP contribution < -0.4 is 5.14 Å². The largest absolute Gasteiger partial charge is 0.354 e. The van der Waals surface area contributed by atoms with Crippen LogP contribution in [0.5, 0.6) is 0 Å². The van der Waals surface area contributed by atoms with E-state index in [1.165, 1.54) is 12.1 Å². The van der Waals surface area contributed by atoms with E-state index in [1.54, 1.807) is 12.1 Å². The van der Waals surface area contributed by atoms with Crippen molar-refractivity contribution in [3.63, 3.8) is 0 Å². The molecule has 2 N–H and O–H groups in total. The predicted octanol–water partition coefficient (Wildman–Crippen LogP) is 4.63. The Bertz CT molecular complexity index is 1130. The first-order chi connectivity index (χ1) is 12.6. The molecule has 0 aliphatic heterocycles. The summed E-state index contributed by atoms with van der Waals surface area (Å²) in [6.45, 7) is 0.